The summed E-state index contributed by atoms with van der Waals surface area (Å²) in [6.45, 7) is 4.13. The molecule has 17 heavy (non-hydrogen) atoms. The number of pyridine rings is 1. The van der Waals surface area contributed by atoms with Crippen molar-refractivity contribution in [3.8, 4) is 0 Å². The summed E-state index contributed by atoms with van der Waals surface area (Å²) in [6.07, 6.45) is 3.70. The second kappa shape index (κ2) is 6.47. The van der Waals surface area contributed by atoms with E-state index in [1.54, 1.807) is 12.3 Å². The van der Waals surface area contributed by atoms with Crippen LogP contribution in [0.1, 0.15) is 20.3 Å². The van der Waals surface area contributed by atoms with Gasteiger partial charge in [-0.15, -0.1) is 0 Å². The van der Waals surface area contributed by atoms with Gasteiger partial charge in [-0.05, 0) is 24.5 Å². The van der Waals surface area contributed by atoms with E-state index in [4.69, 9.17) is 0 Å². The van der Waals surface area contributed by atoms with Crippen LogP contribution in [0.3, 0.4) is 0 Å². The van der Waals surface area contributed by atoms with Crippen molar-refractivity contribution in [2.75, 3.05) is 5.33 Å². The molecule has 1 atom stereocenters. The Morgan fingerprint density at radius 2 is 2.18 bits per heavy atom. The second-order valence-corrected chi connectivity index (χ2v) is 6.65. The van der Waals surface area contributed by atoms with Gasteiger partial charge < -0.3 is 0 Å². The van der Waals surface area contributed by atoms with Crippen LogP contribution in [0.15, 0.2) is 29.4 Å². The van der Waals surface area contributed by atoms with Gasteiger partial charge in [0.2, 0.25) is 10.0 Å². The van der Waals surface area contributed by atoms with Gasteiger partial charge in [-0.2, -0.15) is 0 Å². The molecular weight excluding hydrogens is 304 g/mol. The molecule has 4 nitrogen and oxygen atoms in total. The van der Waals surface area contributed by atoms with Crippen LogP contribution in [0.4, 0.5) is 0 Å². The molecule has 0 amide bonds. The molecule has 0 aliphatic heterocycles. The molecule has 0 aromatic carbocycles. The third-order valence-corrected chi connectivity index (χ3v) is 4.50. The summed E-state index contributed by atoms with van der Waals surface area (Å²) in [5.74, 6) is 0.439. The van der Waals surface area contributed by atoms with Crippen LogP contribution in [0, 0.1) is 5.92 Å². The van der Waals surface area contributed by atoms with Gasteiger partial charge in [-0.1, -0.05) is 29.8 Å². The van der Waals surface area contributed by atoms with Crippen molar-refractivity contribution in [1.29, 1.82) is 0 Å². The van der Waals surface area contributed by atoms with Crippen molar-refractivity contribution < 1.29 is 8.42 Å². The Labute approximate surface area is 111 Å². The molecule has 0 saturated heterocycles. The minimum Gasteiger partial charge on any atom is -0.263 e. The van der Waals surface area contributed by atoms with Gasteiger partial charge in [0.1, 0.15) is 4.90 Å². The number of rotatable bonds is 6. The monoisotopic (exact) mass is 320 g/mol. The van der Waals surface area contributed by atoms with E-state index in [0.717, 1.165) is 6.42 Å². The number of aromatic nitrogens is 1. The van der Waals surface area contributed by atoms with Crippen LogP contribution >= 0.6 is 15.9 Å². The normalized spacial score (nSPS) is 13.9. The second-order valence-electron chi connectivity index (χ2n) is 4.29. The van der Waals surface area contributed by atoms with Crippen molar-refractivity contribution in [3.63, 3.8) is 0 Å². The van der Waals surface area contributed by atoms with Crippen molar-refractivity contribution in [2.45, 2.75) is 31.2 Å². The van der Waals surface area contributed by atoms with Crippen molar-refractivity contribution >= 4 is 26.0 Å². The lowest BCUT2D eigenvalue weighted by atomic mass is 10.1. The van der Waals surface area contributed by atoms with Gasteiger partial charge in [0.25, 0.3) is 0 Å². The van der Waals surface area contributed by atoms with Gasteiger partial charge in [0.05, 0.1) is 0 Å². The number of sulfonamides is 1. The molecule has 0 aliphatic rings. The van der Waals surface area contributed by atoms with Crippen molar-refractivity contribution in [3.05, 3.63) is 24.5 Å². The minimum atomic E-state index is -3.46. The molecule has 1 aromatic rings. The maximum absolute atomic E-state index is 12.0. The molecule has 1 unspecified atom stereocenters. The van der Waals surface area contributed by atoms with Crippen LogP contribution in [0.5, 0.6) is 0 Å². The molecule has 1 aromatic heterocycles. The summed E-state index contributed by atoms with van der Waals surface area (Å²) in [7, 11) is -3.46. The number of nitrogens with one attached hydrogen (secondary N) is 1. The Hall–Kier alpha value is -0.460. The summed E-state index contributed by atoms with van der Waals surface area (Å²) >= 11 is 3.33. The predicted molar refractivity (Wildman–Crippen MR) is 71.6 cm³/mol. The first-order valence-corrected chi connectivity index (χ1v) is 8.04. The molecule has 0 fully saturated rings. The number of halogens is 1. The third-order valence-electron chi connectivity index (χ3n) is 2.21. The van der Waals surface area contributed by atoms with Gasteiger partial charge in [0, 0.05) is 23.8 Å². The first-order valence-electron chi connectivity index (χ1n) is 5.44. The third kappa shape index (κ3) is 4.73. The highest BCUT2D eigenvalue weighted by molar-refractivity contribution is 9.09. The SMILES string of the molecule is CC(C)CC(CBr)NS(=O)(=O)c1cccnc1. The summed E-state index contributed by atoms with van der Waals surface area (Å²) in [6, 6.07) is 3.05. The maximum atomic E-state index is 12.0. The highest BCUT2D eigenvalue weighted by Crippen LogP contribution is 2.12. The molecular formula is C11H17BrN2O2S. The molecule has 1 N–H and O–H groups in total. The molecule has 96 valence electrons. The fourth-order valence-electron chi connectivity index (χ4n) is 1.51. The van der Waals surface area contributed by atoms with Crippen molar-refractivity contribution in [2.24, 2.45) is 5.92 Å². The van der Waals surface area contributed by atoms with Crippen LogP contribution in [0.25, 0.3) is 0 Å². The van der Waals surface area contributed by atoms with E-state index in [2.05, 4.69) is 39.5 Å². The summed E-state index contributed by atoms with van der Waals surface area (Å²) in [5.41, 5.74) is 0. The quantitative estimate of drug-likeness (QED) is 0.817. The molecule has 0 aliphatic carbocycles. The van der Waals surface area contributed by atoms with E-state index in [0.29, 0.717) is 11.2 Å². The van der Waals surface area contributed by atoms with E-state index in [1.165, 1.54) is 12.3 Å². The lowest BCUT2D eigenvalue weighted by Gasteiger charge is -2.18. The van der Waals surface area contributed by atoms with E-state index in [1.807, 2.05) is 0 Å². The van der Waals surface area contributed by atoms with Crippen LogP contribution in [0.2, 0.25) is 0 Å². The Bertz CT molecular complexity index is 434. The minimum absolute atomic E-state index is 0.0970. The topological polar surface area (TPSA) is 59.1 Å². The summed E-state index contributed by atoms with van der Waals surface area (Å²) in [4.78, 5) is 4.02. The highest BCUT2D eigenvalue weighted by atomic mass is 79.9. The number of nitrogens with zero attached hydrogens (tertiary/aromatic N) is 1. The van der Waals surface area contributed by atoms with Gasteiger partial charge in [-0.25, -0.2) is 13.1 Å². The zero-order chi connectivity index (χ0) is 12.9. The fourth-order valence-corrected chi connectivity index (χ4v) is 3.36. The molecule has 0 bridgehead atoms. The molecule has 0 radical (unpaired) electrons. The Morgan fingerprint density at radius 1 is 1.47 bits per heavy atom. The Balaban J connectivity index is 2.79. The number of hydrogen-bond acceptors (Lipinski definition) is 3. The lowest BCUT2D eigenvalue weighted by molar-refractivity contribution is 0.488. The summed E-state index contributed by atoms with van der Waals surface area (Å²) in [5, 5.41) is 0.602. The van der Waals surface area contributed by atoms with Crippen LogP contribution in [-0.4, -0.2) is 24.8 Å². The average Bonchev–Trinajstić information content (AvgIpc) is 2.28. The summed E-state index contributed by atoms with van der Waals surface area (Å²) < 4.78 is 26.7. The van der Waals surface area contributed by atoms with Crippen LogP contribution < -0.4 is 4.72 Å². The molecule has 1 rings (SSSR count). The highest BCUT2D eigenvalue weighted by Gasteiger charge is 2.20. The maximum Gasteiger partial charge on any atom is 0.242 e. The standard InChI is InChI=1S/C11H17BrN2O2S/c1-9(2)6-10(7-12)14-17(15,16)11-4-3-5-13-8-11/h3-5,8-10,14H,6-7H2,1-2H3. The predicted octanol–water partition coefficient (Wildman–Crippen LogP) is 2.17. The van der Waals surface area contributed by atoms with E-state index in [-0.39, 0.29) is 10.9 Å². The Kier molecular flexibility index (Phi) is 5.55. The molecule has 0 spiro atoms. The van der Waals surface area contributed by atoms with Crippen LogP contribution in [-0.2, 0) is 10.0 Å². The number of alkyl halides is 1. The van der Waals surface area contributed by atoms with Gasteiger partial charge >= 0.3 is 0 Å². The first-order chi connectivity index (χ1) is 7.95. The first kappa shape index (κ1) is 14.6. The number of hydrogen-bond donors (Lipinski definition) is 1. The zero-order valence-electron chi connectivity index (χ0n) is 9.93. The molecule has 6 heteroatoms. The van der Waals surface area contributed by atoms with Gasteiger partial charge in [-0.3, -0.25) is 4.98 Å². The lowest BCUT2D eigenvalue weighted by Crippen LogP contribution is -2.37. The molecule has 0 saturated carbocycles. The zero-order valence-corrected chi connectivity index (χ0v) is 12.3. The smallest absolute Gasteiger partial charge is 0.242 e. The van der Waals surface area contributed by atoms with Crippen molar-refractivity contribution in [1.82, 2.24) is 9.71 Å². The van der Waals surface area contributed by atoms with E-state index in [9.17, 15) is 8.42 Å². The van der Waals surface area contributed by atoms with Gasteiger partial charge in [0.15, 0.2) is 0 Å². The van der Waals surface area contributed by atoms with E-state index >= 15 is 0 Å². The fraction of sp³-hybridized carbons (Fsp3) is 0.545. The molecule has 1 heterocycles. The average molecular weight is 321 g/mol. The Morgan fingerprint density at radius 3 is 2.65 bits per heavy atom. The largest absolute Gasteiger partial charge is 0.263 e. The van der Waals surface area contributed by atoms with E-state index < -0.39 is 10.0 Å².